The minimum absolute atomic E-state index is 0.0545. The van der Waals surface area contributed by atoms with Gasteiger partial charge in [-0.05, 0) is 37.2 Å². The van der Waals surface area contributed by atoms with Gasteiger partial charge in [-0.3, -0.25) is 0 Å². The van der Waals surface area contributed by atoms with E-state index in [1.54, 1.807) is 6.20 Å². The average molecular weight is 341 g/mol. The third kappa shape index (κ3) is 3.08. The lowest BCUT2D eigenvalue weighted by Crippen LogP contribution is -2.20. The number of nitrogens with zero attached hydrogens (tertiary/aromatic N) is 1. The third-order valence-corrected chi connectivity index (χ3v) is 3.88. The van der Waals surface area contributed by atoms with Crippen molar-refractivity contribution in [2.45, 2.75) is 13.0 Å². The molecule has 2 rings (SSSR count). The number of nitrogens with two attached hydrogens (primary N) is 1. The van der Waals surface area contributed by atoms with Crippen molar-refractivity contribution >= 4 is 33.3 Å². The molecule has 0 aliphatic rings. The van der Waals surface area contributed by atoms with Crippen LogP contribution in [-0.4, -0.2) is 12.0 Å². The summed E-state index contributed by atoms with van der Waals surface area (Å²) in [5, 5.41) is 3.83. The summed E-state index contributed by atoms with van der Waals surface area (Å²) in [6.07, 6.45) is 1.55. The van der Waals surface area contributed by atoms with E-state index in [9.17, 15) is 0 Å². The molecule has 100 valence electrons. The van der Waals surface area contributed by atoms with Gasteiger partial charge in [-0.25, -0.2) is 4.98 Å². The van der Waals surface area contributed by atoms with E-state index in [4.69, 9.17) is 17.3 Å². The topological polar surface area (TPSA) is 50.9 Å². The Morgan fingerprint density at radius 2 is 2.05 bits per heavy atom. The van der Waals surface area contributed by atoms with Gasteiger partial charge in [0.25, 0.3) is 0 Å². The summed E-state index contributed by atoms with van der Waals surface area (Å²) in [6.45, 7) is 2.05. The van der Waals surface area contributed by atoms with Gasteiger partial charge >= 0.3 is 0 Å². The number of aromatic nitrogens is 1. The van der Waals surface area contributed by atoms with Gasteiger partial charge in [-0.1, -0.05) is 39.7 Å². The number of nitrogens with one attached hydrogen (secondary N) is 1. The molecule has 1 unspecified atom stereocenters. The number of pyridine rings is 1. The standard InChI is InChI=1S/C14H15BrClN3/c1-8-3-4-10(12(15)5-8)13(18-2)11-6-9(16)7-19-14(11)17/h3-7,13,18H,1-2H3,(H2,17,19). The largest absolute Gasteiger partial charge is 0.383 e. The quantitative estimate of drug-likeness (QED) is 0.896. The van der Waals surface area contributed by atoms with E-state index < -0.39 is 0 Å². The molecule has 0 radical (unpaired) electrons. The van der Waals surface area contributed by atoms with Crippen molar-refractivity contribution in [2.24, 2.45) is 0 Å². The van der Waals surface area contributed by atoms with E-state index in [2.05, 4.69) is 51.4 Å². The van der Waals surface area contributed by atoms with Gasteiger partial charge in [0.05, 0.1) is 11.1 Å². The first-order valence-corrected chi connectivity index (χ1v) is 7.04. The Morgan fingerprint density at radius 3 is 2.68 bits per heavy atom. The predicted octanol–water partition coefficient (Wildman–Crippen LogP) is 3.70. The monoisotopic (exact) mass is 339 g/mol. The summed E-state index contributed by atoms with van der Waals surface area (Å²) < 4.78 is 1.03. The Kier molecular flexibility index (Phi) is 4.45. The Bertz CT molecular complexity index is 601. The SMILES string of the molecule is CNC(c1ccc(C)cc1Br)c1cc(Cl)cnc1N. The Balaban J connectivity index is 2.52. The molecule has 0 amide bonds. The maximum absolute atomic E-state index is 6.01. The summed E-state index contributed by atoms with van der Waals surface area (Å²) in [7, 11) is 1.89. The Labute approximate surface area is 126 Å². The molecule has 1 atom stereocenters. The molecule has 0 spiro atoms. The van der Waals surface area contributed by atoms with Gasteiger partial charge in [0.15, 0.2) is 0 Å². The number of hydrogen-bond donors (Lipinski definition) is 2. The molecule has 0 saturated carbocycles. The number of rotatable bonds is 3. The molecule has 1 aromatic heterocycles. The summed E-state index contributed by atoms with van der Waals surface area (Å²) in [5.41, 5.74) is 9.13. The van der Waals surface area contributed by atoms with Crippen molar-refractivity contribution in [2.75, 3.05) is 12.8 Å². The normalized spacial score (nSPS) is 12.4. The van der Waals surface area contributed by atoms with Gasteiger partial charge in [-0.2, -0.15) is 0 Å². The summed E-state index contributed by atoms with van der Waals surface area (Å²) >= 11 is 9.61. The van der Waals surface area contributed by atoms with E-state index in [-0.39, 0.29) is 6.04 Å². The van der Waals surface area contributed by atoms with Gasteiger partial charge in [0.1, 0.15) is 5.82 Å². The second kappa shape index (κ2) is 5.90. The number of halogens is 2. The smallest absolute Gasteiger partial charge is 0.128 e. The van der Waals surface area contributed by atoms with E-state index >= 15 is 0 Å². The fourth-order valence-corrected chi connectivity index (χ4v) is 2.93. The molecule has 0 bridgehead atoms. The number of benzene rings is 1. The molecule has 1 aromatic carbocycles. The minimum atomic E-state index is -0.0545. The highest BCUT2D eigenvalue weighted by Gasteiger charge is 2.18. The van der Waals surface area contributed by atoms with Crippen LogP contribution in [0.3, 0.4) is 0 Å². The van der Waals surface area contributed by atoms with Crippen LogP contribution in [0.1, 0.15) is 22.7 Å². The van der Waals surface area contributed by atoms with E-state index in [1.165, 1.54) is 5.56 Å². The van der Waals surface area contributed by atoms with Crippen LogP contribution in [0, 0.1) is 6.92 Å². The molecule has 19 heavy (non-hydrogen) atoms. The van der Waals surface area contributed by atoms with Gasteiger partial charge in [-0.15, -0.1) is 0 Å². The zero-order valence-corrected chi connectivity index (χ0v) is 13.1. The molecular weight excluding hydrogens is 326 g/mol. The third-order valence-electron chi connectivity index (χ3n) is 2.98. The van der Waals surface area contributed by atoms with Crippen LogP contribution in [0.25, 0.3) is 0 Å². The predicted molar refractivity (Wildman–Crippen MR) is 83.4 cm³/mol. The zero-order valence-electron chi connectivity index (χ0n) is 10.7. The van der Waals surface area contributed by atoms with E-state index in [0.717, 1.165) is 15.6 Å². The molecule has 3 N–H and O–H groups in total. The molecule has 0 aliphatic heterocycles. The van der Waals surface area contributed by atoms with Crippen LogP contribution in [0.5, 0.6) is 0 Å². The van der Waals surface area contributed by atoms with Crippen LogP contribution < -0.4 is 11.1 Å². The van der Waals surface area contributed by atoms with Crippen LogP contribution in [0.15, 0.2) is 34.9 Å². The lowest BCUT2D eigenvalue weighted by molar-refractivity contribution is 0.688. The second-order valence-corrected chi connectivity index (χ2v) is 5.67. The van der Waals surface area contributed by atoms with Gasteiger partial charge in [0, 0.05) is 16.2 Å². The van der Waals surface area contributed by atoms with Crippen LogP contribution in [-0.2, 0) is 0 Å². The maximum Gasteiger partial charge on any atom is 0.128 e. The molecule has 0 saturated heterocycles. The number of hydrogen-bond acceptors (Lipinski definition) is 3. The Morgan fingerprint density at radius 1 is 1.32 bits per heavy atom. The van der Waals surface area contributed by atoms with Crippen molar-refractivity contribution in [1.82, 2.24) is 10.3 Å². The van der Waals surface area contributed by atoms with Gasteiger partial charge in [0.2, 0.25) is 0 Å². The molecule has 0 fully saturated rings. The highest BCUT2D eigenvalue weighted by Crippen LogP contribution is 2.32. The second-order valence-electron chi connectivity index (χ2n) is 4.37. The highest BCUT2D eigenvalue weighted by atomic mass is 79.9. The number of nitrogen functional groups attached to an aromatic ring is 1. The van der Waals surface area contributed by atoms with Gasteiger partial charge < -0.3 is 11.1 Å². The molecule has 3 nitrogen and oxygen atoms in total. The molecule has 0 aliphatic carbocycles. The van der Waals surface area contributed by atoms with Crippen molar-refractivity contribution in [3.05, 3.63) is 56.6 Å². The average Bonchev–Trinajstić information content (AvgIpc) is 2.36. The summed E-state index contributed by atoms with van der Waals surface area (Å²) in [5.74, 6) is 0.483. The molecule has 5 heteroatoms. The van der Waals surface area contributed by atoms with E-state index in [0.29, 0.717) is 10.8 Å². The van der Waals surface area contributed by atoms with Crippen molar-refractivity contribution in [3.63, 3.8) is 0 Å². The Hall–Kier alpha value is -1.10. The zero-order chi connectivity index (χ0) is 14.0. The van der Waals surface area contributed by atoms with Crippen molar-refractivity contribution in [3.8, 4) is 0 Å². The lowest BCUT2D eigenvalue weighted by Gasteiger charge is -2.20. The van der Waals surface area contributed by atoms with Crippen molar-refractivity contribution in [1.29, 1.82) is 0 Å². The van der Waals surface area contributed by atoms with Crippen molar-refractivity contribution < 1.29 is 0 Å². The minimum Gasteiger partial charge on any atom is -0.383 e. The number of anilines is 1. The molecule has 1 heterocycles. The number of aryl methyl sites for hydroxylation is 1. The lowest BCUT2D eigenvalue weighted by atomic mass is 9.98. The summed E-state index contributed by atoms with van der Waals surface area (Å²) in [4.78, 5) is 4.11. The first kappa shape index (κ1) is 14.3. The fourth-order valence-electron chi connectivity index (χ4n) is 2.04. The summed E-state index contributed by atoms with van der Waals surface area (Å²) in [6, 6.07) is 8.01. The molecular formula is C14H15BrClN3. The van der Waals surface area contributed by atoms with Crippen LogP contribution in [0.2, 0.25) is 5.02 Å². The van der Waals surface area contributed by atoms with Crippen LogP contribution >= 0.6 is 27.5 Å². The fraction of sp³-hybridized carbons (Fsp3) is 0.214. The first-order chi connectivity index (χ1) is 9.02. The molecule has 2 aromatic rings. The highest BCUT2D eigenvalue weighted by molar-refractivity contribution is 9.10. The first-order valence-electron chi connectivity index (χ1n) is 5.87. The van der Waals surface area contributed by atoms with Crippen LogP contribution in [0.4, 0.5) is 5.82 Å². The maximum atomic E-state index is 6.01. The van der Waals surface area contributed by atoms with E-state index in [1.807, 2.05) is 13.1 Å².